The number of nitrogens with two attached hydrogens (primary N) is 1. The van der Waals surface area contributed by atoms with Crippen LogP contribution in [-0.2, 0) is 0 Å². The molecule has 0 aromatic heterocycles. The van der Waals surface area contributed by atoms with Gasteiger partial charge in [-0.2, -0.15) is 0 Å². The van der Waals surface area contributed by atoms with E-state index in [1.807, 2.05) is 12.1 Å². The second-order valence-corrected chi connectivity index (χ2v) is 6.49. The van der Waals surface area contributed by atoms with Gasteiger partial charge in [0, 0.05) is 24.2 Å². The first-order valence-electron chi connectivity index (χ1n) is 8.22. The fourth-order valence-corrected chi connectivity index (χ4v) is 3.03. The van der Waals surface area contributed by atoms with Gasteiger partial charge in [-0.1, -0.05) is 25.1 Å². The van der Waals surface area contributed by atoms with Crippen LogP contribution < -0.4 is 10.5 Å². The second-order valence-electron chi connectivity index (χ2n) is 6.49. The Bertz CT molecular complexity index is 443. The summed E-state index contributed by atoms with van der Waals surface area (Å²) in [7, 11) is 1.74. The SMILES string of the molecule is CCC(N)C(c1ccccc1OC)N(CC1CC1)C(C)C. The van der Waals surface area contributed by atoms with E-state index >= 15 is 0 Å². The second kappa shape index (κ2) is 7.28. The standard InChI is InChI=1S/C18H30N2O/c1-5-16(19)18(15-8-6-7-9-17(15)21-4)20(13(2)3)12-14-10-11-14/h6-9,13-14,16,18H,5,10-12,19H2,1-4H3. The molecule has 118 valence electrons. The number of rotatable bonds is 8. The molecule has 21 heavy (non-hydrogen) atoms. The van der Waals surface area contributed by atoms with Gasteiger partial charge in [0.1, 0.15) is 5.75 Å². The lowest BCUT2D eigenvalue weighted by Crippen LogP contribution is -2.45. The van der Waals surface area contributed by atoms with Crippen molar-refractivity contribution in [2.75, 3.05) is 13.7 Å². The number of hydrogen-bond acceptors (Lipinski definition) is 3. The maximum absolute atomic E-state index is 6.51. The molecule has 1 aliphatic rings. The van der Waals surface area contributed by atoms with Gasteiger partial charge in [-0.15, -0.1) is 0 Å². The summed E-state index contributed by atoms with van der Waals surface area (Å²) in [6.45, 7) is 7.86. The van der Waals surface area contributed by atoms with Crippen LogP contribution in [0.15, 0.2) is 24.3 Å². The van der Waals surface area contributed by atoms with Gasteiger partial charge in [0.25, 0.3) is 0 Å². The number of methoxy groups -OCH3 is 1. The van der Waals surface area contributed by atoms with E-state index in [0.717, 1.165) is 24.6 Å². The van der Waals surface area contributed by atoms with Crippen LogP contribution in [-0.4, -0.2) is 30.6 Å². The third-order valence-electron chi connectivity index (χ3n) is 4.52. The maximum atomic E-state index is 6.51. The molecular formula is C18H30N2O. The Balaban J connectivity index is 2.35. The van der Waals surface area contributed by atoms with Crippen LogP contribution in [0.1, 0.15) is 51.6 Å². The van der Waals surface area contributed by atoms with Crippen molar-refractivity contribution in [1.29, 1.82) is 0 Å². The summed E-state index contributed by atoms with van der Waals surface area (Å²) in [5.41, 5.74) is 7.74. The Morgan fingerprint density at radius 2 is 1.95 bits per heavy atom. The minimum Gasteiger partial charge on any atom is -0.496 e. The molecule has 2 N–H and O–H groups in total. The van der Waals surface area contributed by atoms with Crippen molar-refractivity contribution in [3.8, 4) is 5.75 Å². The molecule has 2 rings (SSSR count). The molecule has 0 aliphatic heterocycles. The van der Waals surface area contributed by atoms with Crippen LogP contribution >= 0.6 is 0 Å². The summed E-state index contributed by atoms with van der Waals surface area (Å²) in [5, 5.41) is 0. The van der Waals surface area contributed by atoms with Crippen LogP contribution in [0.3, 0.4) is 0 Å². The van der Waals surface area contributed by atoms with Crippen LogP contribution in [0.5, 0.6) is 5.75 Å². The third-order valence-corrected chi connectivity index (χ3v) is 4.52. The van der Waals surface area contributed by atoms with Crippen molar-refractivity contribution in [3.05, 3.63) is 29.8 Å². The first kappa shape index (κ1) is 16.3. The summed E-state index contributed by atoms with van der Waals surface area (Å²) in [6, 6.07) is 9.16. The van der Waals surface area contributed by atoms with Crippen molar-refractivity contribution < 1.29 is 4.74 Å². The molecule has 2 unspecified atom stereocenters. The normalized spacial score (nSPS) is 18.0. The van der Waals surface area contributed by atoms with E-state index in [4.69, 9.17) is 10.5 Å². The smallest absolute Gasteiger partial charge is 0.123 e. The molecule has 1 fully saturated rings. The molecule has 3 heteroatoms. The van der Waals surface area contributed by atoms with Crippen molar-refractivity contribution in [2.45, 2.75) is 58.2 Å². The van der Waals surface area contributed by atoms with Gasteiger partial charge < -0.3 is 10.5 Å². The molecule has 1 aromatic carbocycles. The zero-order chi connectivity index (χ0) is 15.4. The van der Waals surface area contributed by atoms with E-state index in [-0.39, 0.29) is 12.1 Å². The average Bonchev–Trinajstić information content (AvgIpc) is 3.30. The van der Waals surface area contributed by atoms with Crippen LogP contribution in [0.2, 0.25) is 0 Å². The topological polar surface area (TPSA) is 38.5 Å². The minimum atomic E-state index is 0.127. The molecule has 0 saturated heterocycles. The highest BCUT2D eigenvalue weighted by atomic mass is 16.5. The molecular weight excluding hydrogens is 260 g/mol. The van der Waals surface area contributed by atoms with Crippen molar-refractivity contribution in [3.63, 3.8) is 0 Å². The molecule has 0 radical (unpaired) electrons. The molecule has 1 aliphatic carbocycles. The highest BCUT2D eigenvalue weighted by Gasteiger charge is 2.34. The maximum Gasteiger partial charge on any atom is 0.123 e. The Morgan fingerprint density at radius 3 is 2.48 bits per heavy atom. The summed E-state index contributed by atoms with van der Waals surface area (Å²) in [4.78, 5) is 2.57. The predicted octanol–water partition coefficient (Wildman–Crippen LogP) is 3.59. The Hall–Kier alpha value is -1.06. The van der Waals surface area contributed by atoms with Crippen LogP contribution in [0.4, 0.5) is 0 Å². The van der Waals surface area contributed by atoms with E-state index in [9.17, 15) is 0 Å². The summed E-state index contributed by atoms with van der Waals surface area (Å²) >= 11 is 0. The lowest BCUT2D eigenvalue weighted by atomic mass is 9.94. The molecule has 0 amide bonds. The van der Waals surface area contributed by atoms with E-state index in [1.54, 1.807) is 7.11 Å². The summed E-state index contributed by atoms with van der Waals surface area (Å²) < 4.78 is 5.59. The van der Waals surface area contributed by atoms with Crippen LogP contribution in [0.25, 0.3) is 0 Å². The van der Waals surface area contributed by atoms with Gasteiger partial charge in [-0.25, -0.2) is 0 Å². The van der Waals surface area contributed by atoms with E-state index in [0.29, 0.717) is 6.04 Å². The van der Waals surface area contributed by atoms with E-state index < -0.39 is 0 Å². The molecule has 0 bridgehead atoms. The van der Waals surface area contributed by atoms with Gasteiger partial charge in [0.05, 0.1) is 13.2 Å². The number of para-hydroxylation sites is 1. The fourth-order valence-electron chi connectivity index (χ4n) is 3.03. The van der Waals surface area contributed by atoms with Gasteiger partial charge in [0.2, 0.25) is 0 Å². The monoisotopic (exact) mass is 290 g/mol. The molecule has 3 nitrogen and oxygen atoms in total. The zero-order valence-electron chi connectivity index (χ0n) is 13.9. The average molecular weight is 290 g/mol. The molecule has 0 spiro atoms. The van der Waals surface area contributed by atoms with Crippen molar-refractivity contribution >= 4 is 0 Å². The van der Waals surface area contributed by atoms with Gasteiger partial charge in [0.15, 0.2) is 0 Å². The van der Waals surface area contributed by atoms with Gasteiger partial charge in [-0.3, -0.25) is 4.90 Å². The van der Waals surface area contributed by atoms with Crippen molar-refractivity contribution in [1.82, 2.24) is 4.90 Å². The lowest BCUT2D eigenvalue weighted by molar-refractivity contribution is 0.121. The Morgan fingerprint density at radius 1 is 1.29 bits per heavy atom. The van der Waals surface area contributed by atoms with Gasteiger partial charge >= 0.3 is 0 Å². The number of nitrogens with zero attached hydrogens (tertiary/aromatic N) is 1. The van der Waals surface area contributed by atoms with Gasteiger partial charge in [-0.05, 0) is 45.1 Å². The van der Waals surface area contributed by atoms with Crippen LogP contribution in [0, 0.1) is 5.92 Å². The zero-order valence-corrected chi connectivity index (χ0v) is 13.9. The van der Waals surface area contributed by atoms with E-state index in [2.05, 4.69) is 37.8 Å². The Kier molecular flexibility index (Phi) is 5.65. The lowest BCUT2D eigenvalue weighted by Gasteiger charge is -2.39. The first-order valence-corrected chi connectivity index (χ1v) is 8.22. The number of benzene rings is 1. The molecule has 0 heterocycles. The quantitative estimate of drug-likeness (QED) is 0.795. The summed E-state index contributed by atoms with van der Waals surface area (Å²) in [6.07, 6.45) is 3.70. The summed E-state index contributed by atoms with van der Waals surface area (Å²) in [5.74, 6) is 1.81. The fraction of sp³-hybridized carbons (Fsp3) is 0.667. The van der Waals surface area contributed by atoms with Crippen molar-refractivity contribution in [2.24, 2.45) is 11.7 Å². The third kappa shape index (κ3) is 3.98. The largest absolute Gasteiger partial charge is 0.496 e. The minimum absolute atomic E-state index is 0.127. The predicted molar refractivity (Wildman–Crippen MR) is 88.6 cm³/mol. The molecule has 2 atom stereocenters. The first-order chi connectivity index (χ1) is 10.1. The van der Waals surface area contributed by atoms with E-state index in [1.165, 1.54) is 18.4 Å². The number of hydrogen-bond donors (Lipinski definition) is 1. The highest BCUT2D eigenvalue weighted by molar-refractivity contribution is 5.37. The Labute approximate surface area is 129 Å². The molecule has 1 saturated carbocycles. The number of ether oxygens (including phenoxy) is 1. The molecule has 1 aromatic rings. The highest BCUT2D eigenvalue weighted by Crippen LogP contribution is 2.37.